The molecule has 0 spiro atoms. The Kier molecular flexibility index (Phi) is 3.75. The number of piperidine rings is 1. The predicted octanol–water partition coefficient (Wildman–Crippen LogP) is 0.265. The number of rotatable bonds is 4. The highest BCUT2D eigenvalue weighted by atomic mass is 16.4. The Morgan fingerprint density at radius 3 is 2.33 bits per heavy atom. The Balaban J connectivity index is 1.74. The molecule has 0 radical (unpaired) electrons. The van der Waals surface area contributed by atoms with Crippen molar-refractivity contribution in [2.75, 3.05) is 26.2 Å². The molecule has 6 nitrogen and oxygen atoms in total. The van der Waals surface area contributed by atoms with Crippen LogP contribution >= 0.6 is 0 Å². The smallest absolute Gasteiger partial charge is 0.317 e. The van der Waals surface area contributed by atoms with Crippen LogP contribution in [0.25, 0.3) is 0 Å². The van der Waals surface area contributed by atoms with Crippen LogP contribution in [0.15, 0.2) is 0 Å². The average molecular weight is 256 g/mol. The molecule has 2 aliphatic rings. The number of carbonyl (C=O) groups excluding carboxylic acids is 1. The van der Waals surface area contributed by atoms with E-state index < -0.39 is 11.4 Å². The molecule has 2 amide bonds. The maximum atomic E-state index is 11.8. The molecule has 102 valence electrons. The normalized spacial score (nSPS) is 22.6. The van der Waals surface area contributed by atoms with E-state index in [2.05, 4.69) is 5.32 Å². The van der Waals surface area contributed by atoms with Crippen molar-refractivity contribution in [3.8, 4) is 0 Å². The molecule has 1 heterocycles. The first-order chi connectivity index (χ1) is 8.57. The van der Waals surface area contributed by atoms with Crippen LogP contribution in [0.5, 0.6) is 0 Å². The van der Waals surface area contributed by atoms with Crippen molar-refractivity contribution in [3.63, 3.8) is 0 Å². The van der Waals surface area contributed by atoms with Gasteiger partial charge >= 0.3 is 12.0 Å². The van der Waals surface area contributed by atoms with Crippen LogP contribution in [-0.4, -0.2) is 53.4 Å². The topological polar surface area (TPSA) is 89.9 Å². The number of aliphatic hydroxyl groups is 1. The van der Waals surface area contributed by atoms with Gasteiger partial charge in [0.25, 0.3) is 0 Å². The first-order valence-corrected chi connectivity index (χ1v) is 6.44. The summed E-state index contributed by atoms with van der Waals surface area (Å²) in [5, 5.41) is 20.7. The van der Waals surface area contributed by atoms with E-state index in [1.165, 1.54) is 0 Å². The molecule has 2 fully saturated rings. The summed E-state index contributed by atoms with van der Waals surface area (Å²) in [6.45, 7) is 1.67. The van der Waals surface area contributed by atoms with Crippen molar-refractivity contribution in [1.82, 2.24) is 10.2 Å². The highest BCUT2D eigenvalue weighted by Gasteiger charge is 2.50. The summed E-state index contributed by atoms with van der Waals surface area (Å²) in [5.41, 5.74) is -0.709. The second-order valence-corrected chi connectivity index (χ2v) is 5.36. The van der Waals surface area contributed by atoms with Crippen molar-refractivity contribution in [2.45, 2.75) is 25.7 Å². The lowest BCUT2D eigenvalue weighted by molar-refractivity contribution is -0.143. The van der Waals surface area contributed by atoms with Crippen LogP contribution in [0, 0.1) is 11.3 Å². The Morgan fingerprint density at radius 1 is 1.28 bits per heavy atom. The highest BCUT2D eigenvalue weighted by molar-refractivity contribution is 5.80. The third-order valence-electron chi connectivity index (χ3n) is 4.05. The van der Waals surface area contributed by atoms with E-state index in [0.29, 0.717) is 31.8 Å². The Bertz CT molecular complexity index is 333. The summed E-state index contributed by atoms with van der Waals surface area (Å²) in [7, 11) is 0. The number of amides is 2. The molecular weight excluding hydrogens is 236 g/mol. The second-order valence-electron chi connectivity index (χ2n) is 5.36. The Labute approximate surface area is 106 Å². The van der Waals surface area contributed by atoms with Crippen LogP contribution in [0.1, 0.15) is 25.7 Å². The summed E-state index contributed by atoms with van der Waals surface area (Å²) in [4.78, 5) is 24.5. The van der Waals surface area contributed by atoms with Crippen LogP contribution in [-0.2, 0) is 4.79 Å². The number of nitrogens with one attached hydrogen (secondary N) is 1. The number of aliphatic carboxylic acids is 1. The Hall–Kier alpha value is -1.30. The van der Waals surface area contributed by atoms with Gasteiger partial charge in [-0.2, -0.15) is 0 Å². The number of carboxylic acid groups (broad SMARTS) is 1. The third-order valence-corrected chi connectivity index (χ3v) is 4.05. The van der Waals surface area contributed by atoms with Gasteiger partial charge in [-0.1, -0.05) is 0 Å². The molecule has 0 aromatic heterocycles. The van der Waals surface area contributed by atoms with Crippen LogP contribution in [0.2, 0.25) is 0 Å². The lowest BCUT2D eigenvalue weighted by Gasteiger charge is -2.31. The molecule has 0 unspecified atom stereocenters. The maximum Gasteiger partial charge on any atom is 0.317 e. The van der Waals surface area contributed by atoms with E-state index in [1.807, 2.05) is 0 Å². The molecule has 1 saturated carbocycles. The fourth-order valence-corrected chi connectivity index (χ4v) is 2.29. The largest absolute Gasteiger partial charge is 0.481 e. The van der Waals surface area contributed by atoms with Gasteiger partial charge in [-0.3, -0.25) is 4.79 Å². The van der Waals surface area contributed by atoms with Gasteiger partial charge < -0.3 is 20.4 Å². The fourth-order valence-electron chi connectivity index (χ4n) is 2.29. The van der Waals surface area contributed by atoms with Crippen LogP contribution in [0.3, 0.4) is 0 Å². The number of likely N-dealkylation sites (tertiary alicyclic amines) is 1. The summed E-state index contributed by atoms with van der Waals surface area (Å²) in [6, 6.07) is -0.182. The molecule has 3 N–H and O–H groups in total. The van der Waals surface area contributed by atoms with Gasteiger partial charge in [0.1, 0.15) is 0 Å². The summed E-state index contributed by atoms with van der Waals surface area (Å²) >= 11 is 0. The fraction of sp³-hybridized carbons (Fsp3) is 0.833. The highest BCUT2D eigenvalue weighted by Crippen LogP contribution is 2.45. The number of hydrogen-bond donors (Lipinski definition) is 3. The van der Waals surface area contributed by atoms with Gasteiger partial charge in [-0.25, -0.2) is 4.79 Å². The minimum absolute atomic E-state index is 0.178. The minimum Gasteiger partial charge on any atom is -0.481 e. The van der Waals surface area contributed by atoms with E-state index in [-0.39, 0.29) is 19.2 Å². The summed E-state index contributed by atoms with van der Waals surface area (Å²) in [6.07, 6.45) is 2.92. The van der Waals surface area contributed by atoms with Crippen molar-refractivity contribution in [2.24, 2.45) is 11.3 Å². The monoisotopic (exact) mass is 256 g/mol. The summed E-state index contributed by atoms with van der Waals surface area (Å²) in [5.74, 6) is -0.523. The molecule has 0 aromatic carbocycles. The quantitative estimate of drug-likeness (QED) is 0.673. The van der Waals surface area contributed by atoms with E-state index in [9.17, 15) is 9.59 Å². The molecule has 0 atom stereocenters. The van der Waals surface area contributed by atoms with Crippen LogP contribution in [0.4, 0.5) is 4.79 Å². The first kappa shape index (κ1) is 13.1. The molecule has 2 rings (SSSR count). The number of urea groups is 1. The van der Waals surface area contributed by atoms with Gasteiger partial charge in [0, 0.05) is 26.2 Å². The zero-order valence-corrected chi connectivity index (χ0v) is 10.4. The van der Waals surface area contributed by atoms with Gasteiger partial charge in [-0.15, -0.1) is 0 Å². The van der Waals surface area contributed by atoms with Crippen molar-refractivity contribution < 1.29 is 19.8 Å². The standard InChI is InChI=1S/C12H20N2O4/c15-7-9-1-5-14(6-2-9)11(18)13-8-12(3-4-12)10(16)17/h9,15H,1-8H2,(H,13,18)(H,16,17). The van der Waals surface area contributed by atoms with Crippen LogP contribution < -0.4 is 5.32 Å². The first-order valence-electron chi connectivity index (χ1n) is 6.44. The third kappa shape index (κ3) is 2.75. The number of aliphatic hydroxyl groups excluding tert-OH is 1. The number of hydrogen-bond acceptors (Lipinski definition) is 3. The SMILES string of the molecule is O=C(NCC1(C(=O)O)CC1)N1CCC(CO)CC1. The number of carboxylic acids is 1. The maximum absolute atomic E-state index is 11.8. The van der Waals surface area contributed by atoms with Gasteiger partial charge in [0.05, 0.1) is 5.41 Å². The molecule has 0 aromatic rings. The predicted molar refractivity (Wildman–Crippen MR) is 64.1 cm³/mol. The van der Waals surface area contributed by atoms with E-state index in [0.717, 1.165) is 12.8 Å². The van der Waals surface area contributed by atoms with Crippen molar-refractivity contribution in [3.05, 3.63) is 0 Å². The summed E-state index contributed by atoms with van der Waals surface area (Å²) < 4.78 is 0. The van der Waals surface area contributed by atoms with Gasteiger partial charge in [0.15, 0.2) is 0 Å². The van der Waals surface area contributed by atoms with E-state index in [1.54, 1.807) is 4.90 Å². The molecule has 1 aliphatic heterocycles. The lowest BCUT2D eigenvalue weighted by atomic mass is 9.98. The molecular formula is C12H20N2O4. The van der Waals surface area contributed by atoms with E-state index in [4.69, 9.17) is 10.2 Å². The molecule has 18 heavy (non-hydrogen) atoms. The number of carbonyl (C=O) groups is 2. The zero-order chi connectivity index (χ0) is 13.2. The zero-order valence-electron chi connectivity index (χ0n) is 10.4. The minimum atomic E-state index is -0.818. The second kappa shape index (κ2) is 5.14. The van der Waals surface area contributed by atoms with Crippen molar-refractivity contribution >= 4 is 12.0 Å². The van der Waals surface area contributed by atoms with Gasteiger partial charge in [0.2, 0.25) is 0 Å². The van der Waals surface area contributed by atoms with Gasteiger partial charge in [-0.05, 0) is 31.6 Å². The van der Waals surface area contributed by atoms with Crippen molar-refractivity contribution in [1.29, 1.82) is 0 Å². The molecule has 6 heteroatoms. The average Bonchev–Trinajstić information content (AvgIpc) is 3.17. The number of nitrogens with zero attached hydrogens (tertiary/aromatic N) is 1. The van der Waals surface area contributed by atoms with E-state index >= 15 is 0 Å². The lowest BCUT2D eigenvalue weighted by Crippen LogP contribution is -2.47. The molecule has 0 bridgehead atoms. The Morgan fingerprint density at radius 2 is 1.89 bits per heavy atom. The molecule has 1 saturated heterocycles. The molecule has 1 aliphatic carbocycles.